The fourth-order valence-electron chi connectivity index (χ4n) is 7.07. The van der Waals surface area contributed by atoms with Gasteiger partial charge in [0.15, 0.2) is 0 Å². The molecule has 0 fully saturated rings. The molecule has 6 aromatic carbocycles. The molecule has 0 saturated carbocycles. The van der Waals surface area contributed by atoms with Gasteiger partial charge in [-0.2, -0.15) is 0 Å². The van der Waals surface area contributed by atoms with Crippen molar-refractivity contribution in [3.63, 3.8) is 0 Å². The topological polar surface area (TPSA) is 38.4 Å². The molecule has 0 aliphatic carbocycles. The van der Waals surface area contributed by atoms with Crippen LogP contribution in [0, 0.1) is 0 Å². The van der Waals surface area contributed by atoms with Gasteiger partial charge >= 0.3 is 0 Å². The van der Waals surface area contributed by atoms with Crippen LogP contribution in [-0.4, -0.2) is 5.84 Å². The number of allylic oxidation sites excluding steroid dienone is 1. The Balaban J connectivity index is 1.27. The van der Waals surface area contributed by atoms with Crippen LogP contribution >= 0.6 is 22.7 Å². The Kier molecular flexibility index (Phi) is 9.62. The van der Waals surface area contributed by atoms with Crippen LogP contribution in [0.4, 0.5) is 0 Å². The molecule has 0 spiro atoms. The predicted octanol–water partition coefficient (Wildman–Crippen LogP) is 14.2. The molecule has 2 heterocycles. The Labute approximate surface area is 324 Å². The summed E-state index contributed by atoms with van der Waals surface area (Å²) in [5.41, 5.74) is 18.2. The van der Waals surface area contributed by atoms with Crippen LogP contribution < -0.4 is 5.73 Å². The van der Waals surface area contributed by atoms with Crippen LogP contribution in [0.3, 0.4) is 0 Å². The SMILES string of the molecule is C=Cc1ccc(/C(=C/Cc2cc(-c3ccc4c(C=C)c(C=C)sc4c3)cc(-c3ccc4c(c3)sc3ccccc34)c2)N=C(N)c2ccccc2)cc1C=C. The number of hydrogen-bond acceptors (Lipinski definition) is 3. The van der Waals surface area contributed by atoms with E-state index in [0.29, 0.717) is 12.3 Å². The summed E-state index contributed by atoms with van der Waals surface area (Å²) >= 11 is 3.59. The maximum absolute atomic E-state index is 6.64. The van der Waals surface area contributed by atoms with Gasteiger partial charge in [0.2, 0.25) is 0 Å². The highest BCUT2D eigenvalue weighted by Gasteiger charge is 2.13. The number of rotatable bonds is 11. The van der Waals surface area contributed by atoms with Crippen LogP contribution in [-0.2, 0) is 6.42 Å². The second-order valence-electron chi connectivity index (χ2n) is 13.1. The molecule has 54 heavy (non-hydrogen) atoms. The van der Waals surface area contributed by atoms with Gasteiger partial charge in [0, 0.05) is 46.3 Å². The lowest BCUT2D eigenvalue weighted by molar-refractivity contribution is 1.26. The Bertz CT molecular complexity index is 2830. The van der Waals surface area contributed by atoms with Crippen LogP contribution in [0.15, 0.2) is 165 Å². The highest BCUT2D eigenvalue weighted by molar-refractivity contribution is 7.25. The van der Waals surface area contributed by atoms with Crippen molar-refractivity contribution in [2.24, 2.45) is 10.7 Å². The summed E-state index contributed by atoms with van der Waals surface area (Å²) in [6, 6.07) is 45.3. The number of amidine groups is 1. The number of thiophene rings is 2. The van der Waals surface area contributed by atoms with Gasteiger partial charge in [0.1, 0.15) is 5.84 Å². The smallest absolute Gasteiger partial charge is 0.131 e. The van der Waals surface area contributed by atoms with E-state index in [4.69, 9.17) is 10.7 Å². The molecule has 0 aliphatic rings. The summed E-state index contributed by atoms with van der Waals surface area (Å²) in [6.45, 7) is 16.2. The minimum Gasteiger partial charge on any atom is -0.383 e. The maximum atomic E-state index is 6.64. The summed E-state index contributed by atoms with van der Waals surface area (Å²) in [6.07, 6.45) is 10.4. The highest BCUT2D eigenvalue weighted by Crippen LogP contribution is 2.39. The molecule has 0 atom stereocenters. The summed E-state index contributed by atoms with van der Waals surface area (Å²) in [4.78, 5) is 6.16. The van der Waals surface area contributed by atoms with Crippen LogP contribution in [0.25, 0.3) is 82.5 Å². The monoisotopic (exact) mass is 730 g/mol. The Morgan fingerprint density at radius 2 is 1.20 bits per heavy atom. The second kappa shape index (κ2) is 15.0. The molecule has 0 amide bonds. The van der Waals surface area contributed by atoms with E-state index in [9.17, 15) is 0 Å². The predicted molar refractivity (Wildman–Crippen MR) is 241 cm³/mol. The van der Waals surface area contributed by atoms with Crippen molar-refractivity contribution >= 4 is 88.8 Å². The Hall–Kier alpha value is -6.33. The second-order valence-corrected chi connectivity index (χ2v) is 15.3. The molecule has 8 rings (SSSR count). The zero-order valence-electron chi connectivity index (χ0n) is 29.9. The van der Waals surface area contributed by atoms with Gasteiger partial charge in [-0.25, -0.2) is 4.99 Å². The summed E-state index contributed by atoms with van der Waals surface area (Å²) in [7, 11) is 0. The van der Waals surface area contributed by atoms with E-state index in [1.807, 2.05) is 66.0 Å². The Morgan fingerprint density at radius 3 is 1.91 bits per heavy atom. The first kappa shape index (κ1) is 34.7. The van der Waals surface area contributed by atoms with E-state index in [2.05, 4.69) is 129 Å². The van der Waals surface area contributed by atoms with E-state index in [1.54, 1.807) is 11.3 Å². The van der Waals surface area contributed by atoms with E-state index >= 15 is 0 Å². The number of nitrogens with zero attached hydrogens (tertiary/aromatic N) is 1. The van der Waals surface area contributed by atoms with Crippen LogP contribution in [0.1, 0.15) is 38.3 Å². The standard InChI is InChI=1S/C50H38N2S2/c1-5-33-19-20-38(28-34(33)6-2)45(52-50(51)35-14-10-9-11-15-35)25-18-32-26-39(36-21-23-43-41(7-3)46(8-4)53-48(43)30-36)29-40(27-32)37-22-24-44-42-16-12-13-17-47(42)54-49(44)31-37/h5-17,19-31H,1-4,18H2,(H2,51,52)/b45-25-. The number of fused-ring (bicyclic) bond motifs is 4. The number of aliphatic imine (C=N–C) groups is 1. The third-order valence-electron chi connectivity index (χ3n) is 9.85. The molecule has 0 unspecified atom stereocenters. The number of benzene rings is 6. The highest BCUT2D eigenvalue weighted by atomic mass is 32.1. The van der Waals surface area contributed by atoms with E-state index in [-0.39, 0.29) is 0 Å². The van der Waals surface area contributed by atoms with Gasteiger partial charge in [-0.1, -0.05) is 154 Å². The fraction of sp³-hybridized carbons (Fsp3) is 0.0200. The van der Waals surface area contributed by atoms with E-state index < -0.39 is 0 Å². The lowest BCUT2D eigenvalue weighted by Gasteiger charge is -2.12. The molecule has 8 aromatic rings. The lowest BCUT2D eigenvalue weighted by Crippen LogP contribution is -2.13. The summed E-state index contributed by atoms with van der Waals surface area (Å²) in [5, 5.41) is 3.79. The van der Waals surface area contributed by atoms with Gasteiger partial charge in [0.05, 0.1) is 5.70 Å². The number of nitrogens with two attached hydrogens (primary N) is 1. The maximum Gasteiger partial charge on any atom is 0.131 e. The molecule has 0 aliphatic heterocycles. The van der Waals surface area contributed by atoms with Gasteiger partial charge in [-0.3, -0.25) is 0 Å². The van der Waals surface area contributed by atoms with Crippen LogP contribution in [0.5, 0.6) is 0 Å². The molecular formula is C50H38N2S2. The molecule has 0 saturated heterocycles. The normalized spacial score (nSPS) is 12.0. The van der Waals surface area contributed by atoms with E-state index in [0.717, 1.165) is 49.5 Å². The first-order chi connectivity index (χ1) is 26.5. The van der Waals surface area contributed by atoms with Gasteiger partial charge in [-0.05, 0) is 81.3 Å². The minimum absolute atomic E-state index is 0.461. The van der Waals surface area contributed by atoms with Crippen molar-refractivity contribution in [2.45, 2.75) is 6.42 Å². The molecule has 0 bridgehead atoms. The third-order valence-corrected chi connectivity index (χ3v) is 12.1. The largest absolute Gasteiger partial charge is 0.383 e. The first-order valence-corrected chi connectivity index (χ1v) is 19.5. The molecule has 4 heteroatoms. The quantitative estimate of drug-likeness (QED) is 0.104. The molecule has 0 radical (unpaired) electrons. The zero-order valence-corrected chi connectivity index (χ0v) is 31.5. The average molecular weight is 731 g/mol. The lowest BCUT2D eigenvalue weighted by atomic mass is 9.93. The van der Waals surface area contributed by atoms with Gasteiger partial charge in [0.25, 0.3) is 0 Å². The number of hydrogen-bond donors (Lipinski definition) is 1. The molecular weight excluding hydrogens is 693 g/mol. The van der Waals surface area contributed by atoms with Crippen molar-refractivity contribution in [3.05, 3.63) is 198 Å². The third kappa shape index (κ3) is 6.69. The van der Waals surface area contributed by atoms with Gasteiger partial charge < -0.3 is 5.73 Å². The molecule has 2 N–H and O–H groups in total. The van der Waals surface area contributed by atoms with Crippen molar-refractivity contribution in [3.8, 4) is 22.3 Å². The summed E-state index contributed by atoms with van der Waals surface area (Å²) in [5.74, 6) is 0.461. The van der Waals surface area contributed by atoms with Crippen molar-refractivity contribution in [1.82, 2.24) is 0 Å². The van der Waals surface area contributed by atoms with Crippen molar-refractivity contribution < 1.29 is 0 Å². The molecule has 260 valence electrons. The Morgan fingerprint density at radius 1 is 0.537 bits per heavy atom. The zero-order chi connectivity index (χ0) is 37.2. The minimum atomic E-state index is 0.461. The first-order valence-electron chi connectivity index (χ1n) is 17.8. The van der Waals surface area contributed by atoms with Crippen LogP contribution in [0.2, 0.25) is 0 Å². The van der Waals surface area contributed by atoms with E-state index in [1.165, 1.54) is 46.9 Å². The summed E-state index contributed by atoms with van der Waals surface area (Å²) < 4.78 is 3.79. The molecule has 2 nitrogen and oxygen atoms in total. The molecule has 2 aromatic heterocycles. The van der Waals surface area contributed by atoms with Gasteiger partial charge in [-0.15, -0.1) is 22.7 Å². The van der Waals surface area contributed by atoms with Crippen molar-refractivity contribution in [2.75, 3.05) is 0 Å². The van der Waals surface area contributed by atoms with Crippen molar-refractivity contribution in [1.29, 1.82) is 0 Å². The average Bonchev–Trinajstić information content (AvgIpc) is 3.79. The fourth-order valence-corrected chi connectivity index (χ4v) is 9.31.